The minimum atomic E-state index is -0.714. The highest BCUT2D eigenvalue weighted by atomic mass is 79.9. The summed E-state index contributed by atoms with van der Waals surface area (Å²) in [7, 11) is 0. The monoisotopic (exact) mass is 198 g/mol. The van der Waals surface area contributed by atoms with Crippen molar-refractivity contribution in [1.82, 2.24) is 0 Å². The molecule has 46 valence electrons. The Morgan fingerprint density at radius 3 is 2.62 bits per heavy atom. The van der Waals surface area contributed by atoms with Crippen LogP contribution in [0.4, 0.5) is 0 Å². The van der Waals surface area contributed by atoms with Crippen LogP contribution >= 0.6 is 27.7 Å². The Morgan fingerprint density at radius 2 is 2.38 bits per heavy atom. The van der Waals surface area contributed by atoms with Gasteiger partial charge in [0.1, 0.15) is 0 Å². The average molecular weight is 199 g/mol. The van der Waals surface area contributed by atoms with Crippen LogP contribution in [0.15, 0.2) is 0 Å². The zero-order valence-electron chi connectivity index (χ0n) is 3.80. The number of halogens is 1. The molecule has 3 nitrogen and oxygen atoms in total. The van der Waals surface area contributed by atoms with Crippen LogP contribution in [0.2, 0.25) is 0 Å². The van der Waals surface area contributed by atoms with Crippen molar-refractivity contribution in [3.05, 3.63) is 0 Å². The van der Waals surface area contributed by atoms with Crippen LogP contribution in [0, 0.1) is 0 Å². The first-order chi connectivity index (χ1) is 3.81. The van der Waals surface area contributed by atoms with Gasteiger partial charge in [0.2, 0.25) is 0 Å². The lowest BCUT2D eigenvalue weighted by molar-refractivity contribution is 0.0434. The van der Waals surface area contributed by atoms with Gasteiger partial charge in [-0.05, 0) is 11.8 Å². The molecule has 0 amide bonds. The fraction of sp³-hybridized carbons (Fsp3) is 1.00. The molecule has 2 aliphatic rings. The quantitative estimate of drug-likeness (QED) is 0.331. The molecule has 5 heteroatoms. The van der Waals surface area contributed by atoms with Crippen molar-refractivity contribution in [1.29, 1.82) is 0 Å². The van der Waals surface area contributed by atoms with Gasteiger partial charge in [0.05, 0.1) is 10.8 Å². The number of hydrogen-bond acceptors (Lipinski definition) is 4. The molecule has 0 aliphatic carbocycles. The molecule has 0 aromatic rings. The van der Waals surface area contributed by atoms with E-state index in [9.17, 15) is 0 Å². The molecule has 2 fully saturated rings. The molecule has 1 unspecified atom stereocenters. The van der Waals surface area contributed by atoms with E-state index in [-0.39, 0.29) is 0 Å². The van der Waals surface area contributed by atoms with E-state index < -0.39 is 5.31 Å². The van der Waals surface area contributed by atoms with Gasteiger partial charge in [-0.2, -0.15) is 9.78 Å². The first-order valence-electron chi connectivity index (χ1n) is 2.13. The van der Waals surface area contributed by atoms with Gasteiger partial charge in [0.15, 0.2) is 0 Å². The third kappa shape index (κ3) is 0.784. The van der Waals surface area contributed by atoms with Crippen molar-refractivity contribution < 1.29 is 14.5 Å². The second-order valence-corrected chi connectivity index (χ2v) is 4.52. The summed E-state index contributed by atoms with van der Waals surface area (Å²) in [5.74, 6) is 0. The molecule has 0 saturated carbocycles. The molecule has 2 rings (SSSR count). The Bertz CT molecular complexity index is 115. The van der Waals surface area contributed by atoms with Crippen molar-refractivity contribution in [2.75, 3.05) is 6.61 Å². The van der Waals surface area contributed by atoms with Crippen LogP contribution in [0.3, 0.4) is 0 Å². The van der Waals surface area contributed by atoms with Crippen LogP contribution in [-0.4, -0.2) is 16.1 Å². The van der Waals surface area contributed by atoms with Gasteiger partial charge < -0.3 is 4.74 Å². The van der Waals surface area contributed by atoms with Crippen molar-refractivity contribution in [3.63, 3.8) is 0 Å². The maximum Gasteiger partial charge on any atom is 0.392 e. The Labute approximate surface area is 58.7 Å². The summed E-state index contributed by atoms with van der Waals surface area (Å²) in [6.45, 7) is 0.644. The molecule has 2 saturated heterocycles. The Hall–Kier alpha value is 0.710. The standard InChI is InChI=1S/C3H3BrO3S/c4-2-1-5-3(8-2)6-7-3/h2H,1H2. The lowest BCUT2D eigenvalue weighted by Gasteiger charge is -1.87. The number of ether oxygens (including phenoxy) is 1. The normalized spacial score (nSPS) is 40.9. The third-order valence-electron chi connectivity index (χ3n) is 0.883. The number of hydrogen-bond donors (Lipinski definition) is 0. The Balaban J connectivity index is 2.03. The average Bonchev–Trinajstić information content (AvgIpc) is 2.34. The largest absolute Gasteiger partial charge is 0.392 e. The molecule has 0 bridgehead atoms. The van der Waals surface area contributed by atoms with Gasteiger partial charge >= 0.3 is 5.31 Å². The molecular formula is C3H3BrO3S. The van der Waals surface area contributed by atoms with Gasteiger partial charge in [-0.25, -0.2) is 0 Å². The molecule has 0 aromatic heterocycles. The maximum absolute atomic E-state index is 5.04. The summed E-state index contributed by atoms with van der Waals surface area (Å²) < 4.78 is 5.35. The molecule has 8 heavy (non-hydrogen) atoms. The molecule has 1 spiro atoms. The van der Waals surface area contributed by atoms with Crippen molar-refractivity contribution in [2.45, 2.75) is 9.46 Å². The number of thioether (sulfide) groups is 1. The number of rotatable bonds is 0. The van der Waals surface area contributed by atoms with E-state index in [2.05, 4.69) is 25.7 Å². The van der Waals surface area contributed by atoms with E-state index in [1.807, 2.05) is 0 Å². The van der Waals surface area contributed by atoms with Crippen LogP contribution < -0.4 is 0 Å². The first kappa shape index (κ1) is 5.49. The van der Waals surface area contributed by atoms with E-state index >= 15 is 0 Å². The van der Waals surface area contributed by atoms with Crippen LogP contribution in [0.25, 0.3) is 0 Å². The van der Waals surface area contributed by atoms with Gasteiger partial charge in [-0.1, -0.05) is 15.9 Å². The summed E-state index contributed by atoms with van der Waals surface area (Å²) in [6, 6.07) is 0. The SMILES string of the molecule is BrC1COC2(OO2)S1. The fourth-order valence-electron chi connectivity index (χ4n) is 0.514. The zero-order chi connectivity index (χ0) is 5.61. The molecule has 1 atom stereocenters. The minimum absolute atomic E-state index is 0.310. The lowest BCUT2D eigenvalue weighted by Crippen LogP contribution is -2.00. The maximum atomic E-state index is 5.04. The van der Waals surface area contributed by atoms with Gasteiger partial charge in [-0.3, -0.25) is 0 Å². The van der Waals surface area contributed by atoms with E-state index in [1.165, 1.54) is 11.8 Å². The van der Waals surface area contributed by atoms with Gasteiger partial charge in [-0.15, -0.1) is 0 Å². The lowest BCUT2D eigenvalue weighted by atomic mass is 10.9. The van der Waals surface area contributed by atoms with E-state index in [0.717, 1.165) is 0 Å². The molecule has 0 radical (unpaired) electrons. The van der Waals surface area contributed by atoms with Crippen molar-refractivity contribution in [3.8, 4) is 0 Å². The highest BCUT2D eigenvalue weighted by molar-refractivity contribution is 9.11. The van der Waals surface area contributed by atoms with Gasteiger partial charge in [0.25, 0.3) is 0 Å². The Morgan fingerprint density at radius 1 is 1.62 bits per heavy atom. The second kappa shape index (κ2) is 1.60. The summed E-state index contributed by atoms with van der Waals surface area (Å²) in [5, 5.41) is -0.714. The van der Waals surface area contributed by atoms with Crippen molar-refractivity contribution >= 4 is 27.7 Å². The zero-order valence-corrected chi connectivity index (χ0v) is 6.20. The minimum Gasteiger partial charge on any atom is -0.313 e. The number of alkyl halides is 1. The topological polar surface area (TPSA) is 34.3 Å². The summed E-state index contributed by atoms with van der Waals surface area (Å²) in [5.41, 5.74) is 0. The predicted molar refractivity (Wildman–Crippen MR) is 31.2 cm³/mol. The summed E-state index contributed by atoms with van der Waals surface area (Å²) >= 11 is 4.82. The summed E-state index contributed by atoms with van der Waals surface area (Å²) in [6.07, 6.45) is 0. The summed E-state index contributed by atoms with van der Waals surface area (Å²) in [4.78, 5) is 9.08. The van der Waals surface area contributed by atoms with Gasteiger partial charge in [0, 0.05) is 0 Å². The molecule has 2 heterocycles. The highest BCUT2D eigenvalue weighted by Crippen LogP contribution is 2.51. The predicted octanol–water partition coefficient (Wildman–Crippen LogP) is 1.04. The van der Waals surface area contributed by atoms with Crippen molar-refractivity contribution in [2.24, 2.45) is 0 Å². The van der Waals surface area contributed by atoms with Crippen LogP contribution in [0.1, 0.15) is 0 Å². The van der Waals surface area contributed by atoms with E-state index in [4.69, 9.17) is 4.74 Å². The fourth-order valence-corrected chi connectivity index (χ4v) is 2.03. The second-order valence-electron chi connectivity index (χ2n) is 1.51. The highest BCUT2D eigenvalue weighted by Gasteiger charge is 2.58. The molecule has 2 aliphatic heterocycles. The third-order valence-corrected chi connectivity index (χ3v) is 2.64. The smallest absolute Gasteiger partial charge is 0.313 e. The molecule has 0 aromatic carbocycles. The van der Waals surface area contributed by atoms with Crippen LogP contribution in [0.5, 0.6) is 0 Å². The van der Waals surface area contributed by atoms with E-state index in [0.29, 0.717) is 10.8 Å². The first-order valence-corrected chi connectivity index (χ1v) is 3.93. The molecule has 0 N–H and O–H groups in total. The molecular weight excluding hydrogens is 196 g/mol. The van der Waals surface area contributed by atoms with E-state index in [1.54, 1.807) is 0 Å². The van der Waals surface area contributed by atoms with Crippen LogP contribution in [-0.2, 0) is 14.5 Å². The Kier molecular flexibility index (Phi) is 1.10.